The number of nitro groups is 1. The Bertz CT molecular complexity index is 730. The van der Waals surface area contributed by atoms with Gasteiger partial charge in [-0.2, -0.15) is 5.26 Å². The molecule has 0 saturated carbocycles. The highest BCUT2D eigenvalue weighted by atomic mass is 16.6. The minimum atomic E-state index is -0.559. The van der Waals surface area contributed by atoms with Crippen LogP contribution in [0.2, 0.25) is 0 Å². The molecule has 0 aromatic carbocycles. The fourth-order valence-corrected chi connectivity index (χ4v) is 2.13. The highest BCUT2D eigenvalue weighted by Crippen LogP contribution is 2.29. The minimum absolute atomic E-state index is 0.129. The van der Waals surface area contributed by atoms with Crippen LogP contribution in [0.1, 0.15) is 35.6 Å². The van der Waals surface area contributed by atoms with Crippen molar-refractivity contribution in [1.29, 1.82) is 5.26 Å². The molecule has 0 aliphatic rings. The van der Waals surface area contributed by atoms with E-state index in [2.05, 4.69) is 10.3 Å². The van der Waals surface area contributed by atoms with Crippen LogP contribution in [0.5, 0.6) is 0 Å². The maximum absolute atomic E-state index is 11.1. The number of hydrogen-bond acceptors (Lipinski definition) is 6. The Labute approximate surface area is 121 Å². The number of rotatable bonds is 4. The SMILES string of the molecule is Cc1cc(C(C)Nc2ncc(C#N)cc2[N+](=O)[O-])c(C)o1. The summed E-state index contributed by atoms with van der Waals surface area (Å²) in [7, 11) is 0. The summed E-state index contributed by atoms with van der Waals surface area (Å²) in [6.45, 7) is 5.54. The van der Waals surface area contributed by atoms with Crippen LogP contribution in [0.15, 0.2) is 22.7 Å². The van der Waals surface area contributed by atoms with Crippen LogP contribution < -0.4 is 5.32 Å². The van der Waals surface area contributed by atoms with Gasteiger partial charge in [0, 0.05) is 17.8 Å². The van der Waals surface area contributed by atoms with Crippen LogP contribution in [0, 0.1) is 35.3 Å². The molecule has 0 radical (unpaired) electrons. The number of pyridine rings is 1. The summed E-state index contributed by atoms with van der Waals surface area (Å²) in [6, 6.07) is 4.71. The Kier molecular flexibility index (Phi) is 3.89. The molecular weight excluding hydrogens is 272 g/mol. The van der Waals surface area contributed by atoms with Crippen molar-refractivity contribution < 1.29 is 9.34 Å². The highest BCUT2D eigenvalue weighted by Gasteiger charge is 2.20. The second-order valence-electron chi connectivity index (χ2n) is 4.70. The number of nitrogens with zero attached hydrogens (tertiary/aromatic N) is 3. The number of furan rings is 1. The summed E-state index contributed by atoms with van der Waals surface area (Å²) in [5.41, 5.74) is 0.835. The number of nitriles is 1. The van der Waals surface area contributed by atoms with Crippen molar-refractivity contribution in [3.8, 4) is 6.07 Å². The van der Waals surface area contributed by atoms with Crippen molar-refractivity contribution in [2.24, 2.45) is 0 Å². The van der Waals surface area contributed by atoms with Gasteiger partial charge in [-0.3, -0.25) is 10.1 Å². The van der Waals surface area contributed by atoms with E-state index in [-0.39, 0.29) is 23.1 Å². The molecule has 108 valence electrons. The number of hydrogen-bond donors (Lipinski definition) is 1. The Morgan fingerprint density at radius 3 is 2.71 bits per heavy atom. The van der Waals surface area contributed by atoms with E-state index >= 15 is 0 Å². The van der Waals surface area contributed by atoms with Crippen LogP contribution in [0.25, 0.3) is 0 Å². The monoisotopic (exact) mass is 286 g/mol. The molecule has 0 amide bonds. The van der Waals surface area contributed by atoms with Crippen molar-refractivity contribution in [2.75, 3.05) is 5.32 Å². The van der Waals surface area contributed by atoms with Gasteiger partial charge in [-0.25, -0.2) is 4.98 Å². The first kappa shape index (κ1) is 14.5. The van der Waals surface area contributed by atoms with E-state index < -0.39 is 4.92 Å². The minimum Gasteiger partial charge on any atom is -0.466 e. The van der Waals surface area contributed by atoms with E-state index in [9.17, 15) is 10.1 Å². The molecule has 2 rings (SSSR count). The van der Waals surface area contributed by atoms with Crippen molar-refractivity contribution in [3.63, 3.8) is 0 Å². The van der Waals surface area contributed by atoms with Gasteiger partial charge in [-0.05, 0) is 26.8 Å². The molecule has 0 aliphatic heterocycles. The molecule has 0 bridgehead atoms. The van der Waals surface area contributed by atoms with Gasteiger partial charge < -0.3 is 9.73 Å². The summed E-state index contributed by atoms with van der Waals surface area (Å²) >= 11 is 0. The third kappa shape index (κ3) is 3.00. The van der Waals surface area contributed by atoms with Crippen LogP contribution in [-0.4, -0.2) is 9.91 Å². The predicted octanol–water partition coefficient (Wildman–Crippen LogP) is 3.24. The molecule has 0 fully saturated rings. The number of aromatic nitrogens is 1. The standard InChI is InChI=1S/C14H14N4O3/c1-8-4-12(10(3)21-8)9(2)17-14-13(18(19)20)5-11(6-15)7-16-14/h4-5,7,9H,1-3H3,(H,16,17). The Morgan fingerprint density at radius 2 is 2.19 bits per heavy atom. The van der Waals surface area contributed by atoms with E-state index in [1.54, 1.807) is 0 Å². The first-order chi connectivity index (χ1) is 9.92. The summed E-state index contributed by atoms with van der Waals surface area (Å²) in [5.74, 6) is 1.66. The first-order valence-corrected chi connectivity index (χ1v) is 6.30. The van der Waals surface area contributed by atoms with Gasteiger partial charge in [0.1, 0.15) is 17.6 Å². The van der Waals surface area contributed by atoms with Gasteiger partial charge in [-0.15, -0.1) is 0 Å². The molecule has 0 saturated heterocycles. The van der Waals surface area contributed by atoms with Crippen molar-refractivity contribution >= 4 is 11.5 Å². The molecule has 0 spiro atoms. The molecule has 21 heavy (non-hydrogen) atoms. The van der Waals surface area contributed by atoms with E-state index in [4.69, 9.17) is 9.68 Å². The van der Waals surface area contributed by atoms with Gasteiger partial charge in [0.05, 0.1) is 16.5 Å². The maximum Gasteiger partial charge on any atom is 0.312 e. The van der Waals surface area contributed by atoms with Crippen molar-refractivity contribution in [1.82, 2.24) is 4.98 Å². The van der Waals surface area contributed by atoms with Gasteiger partial charge >= 0.3 is 5.69 Å². The van der Waals surface area contributed by atoms with Crippen LogP contribution in [0.4, 0.5) is 11.5 Å². The molecule has 2 aromatic heterocycles. The third-order valence-electron chi connectivity index (χ3n) is 3.09. The molecule has 2 heterocycles. The van der Waals surface area contributed by atoms with E-state index in [1.165, 1.54) is 12.3 Å². The van der Waals surface area contributed by atoms with Crippen molar-refractivity contribution in [3.05, 3.63) is 51.1 Å². The predicted molar refractivity (Wildman–Crippen MR) is 75.8 cm³/mol. The van der Waals surface area contributed by atoms with E-state index in [1.807, 2.05) is 32.9 Å². The average molecular weight is 286 g/mol. The summed E-state index contributed by atoms with van der Waals surface area (Å²) in [6.07, 6.45) is 1.30. The molecule has 1 atom stereocenters. The van der Waals surface area contributed by atoms with E-state index in [0.29, 0.717) is 0 Å². The van der Waals surface area contributed by atoms with Gasteiger partial charge in [0.2, 0.25) is 5.82 Å². The fourth-order valence-electron chi connectivity index (χ4n) is 2.13. The largest absolute Gasteiger partial charge is 0.466 e. The zero-order valence-corrected chi connectivity index (χ0v) is 11.9. The smallest absolute Gasteiger partial charge is 0.312 e. The van der Waals surface area contributed by atoms with Crippen LogP contribution in [-0.2, 0) is 0 Å². The summed E-state index contributed by atoms with van der Waals surface area (Å²) in [5, 5.41) is 22.9. The number of nitrogens with one attached hydrogen (secondary N) is 1. The van der Waals surface area contributed by atoms with Gasteiger partial charge in [0.15, 0.2) is 0 Å². The molecule has 7 heteroatoms. The number of anilines is 1. The Hall–Kier alpha value is -2.88. The lowest BCUT2D eigenvalue weighted by Gasteiger charge is -2.13. The Balaban J connectivity index is 2.33. The topological polar surface area (TPSA) is 105 Å². The number of aryl methyl sites for hydroxylation is 2. The lowest BCUT2D eigenvalue weighted by molar-refractivity contribution is -0.384. The molecule has 1 N–H and O–H groups in total. The quantitative estimate of drug-likeness (QED) is 0.683. The van der Waals surface area contributed by atoms with Gasteiger partial charge in [0.25, 0.3) is 0 Å². The third-order valence-corrected chi connectivity index (χ3v) is 3.09. The van der Waals surface area contributed by atoms with Crippen molar-refractivity contribution in [2.45, 2.75) is 26.8 Å². The second-order valence-corrected chi connectivity index (χ2v) is 4.70. The molecule has 0 aliphatic carbocycles. The maximum atomic E-state index is 11.1. The zero-order chi connectivity index (χ0) is 15.6. The average Bonchev–Trinajstić information content (AvgIpc) is 2.78. The molecule has 7 nitrogen and oxygen atoms in total. The lowest BCUT2D eigenvalue weighted by atomic mass is 10.1. The molecular formula is C14H14N4O3. The summed E-state index contributed by atoms with van der Waals surface area (Å²) in [4.78, 5) is 14.5. The van der Waals surface area contributed by atoms with E-state index in [0.717, 1.165) is 17.1 Å². The zero-order valence-electron chi connectivity index (χ0n) is 11.9. The van der Waals surface area contributed by atoms with Gasteiger partial charge in [-0.1, -0.05) is 0 Å². The lowest BCUT2D eigenvalue weighted by Crippen LogP contribution is -2.10. The van der Waals surface area contributed by atoms with Crippen LogP contribution >= 0.6 is 0 Å². The fraction of sp³-hybridized carbons (Fsp3) is 0.286. The summed E-state index contributed by atoms with van der Waals surface area (Å²) < 4.78 is 5.45. The molecule has 2 aromatic rings. The Morgan fingerprint density at radius 1 is 1.48 bits per heavy atom. The second kappa shape index (κ2) is 5.63. The van der Waals surface area contributed by atoms with Crippen LogP contribution in [0.3, 0.4) is 0 Å². The highest BCUT2D eigenvalue weighted by molar-refractivity contribution is 5.59. The first-order valence-electron chi connectivity index (χ1n) is 6.30. The normalized spacial score (nSPS) is 11.7. The molecule has 1 unspecified atom stereocenters.